The number of amides is 2. The number of benzene rings is 4. The number of fused-ring (bicyclic) bond motifs is 1. The number of nitrogens with one attached hydrogen (secondary N) is 2. The summed E-state index contributed by atoms with van der Waals surface area (Å²) in [7, 11) is 0. The predicted octanol–water partition coefficient (Wildman–Crippen LogP) is 5.57. The van der Waals surface area contributed by atoms with Crippen LogP contribution in [0.3, 0.4) is 0 Å². The lowest BCUT2D eigenvalue weighted by Gasteiger charge is -2.19. The van der Waals surface area contributed by atoms with Crippen LogP contribution in [0.15, 0.2) is 97.1 Å². The van der Waals surface area contributed by atoms with E-state index in [2.05, 4.69) is 10.6 Å². The second-order valence-electron chi connectivity index (χ2n) is 7.73. The minimum absolute atomic E-state index is 0.252. The second kappa shape index (κ2) is 10.5. The molecule has 1 atom stereocenters. The number of anilines is 1. The van der Waals surface area contributed by atoms with Crippen molar-refractivity contribution in [1.29, 1.82) is 0 Å². The van der Waals surface area contributed by atoms with E-state index in [1.54, 1.807) is 24.3 Å². The van der Waals surface area contributed by atoms with Crippen molar-refractivity contribution in [3.63, 3.8) is 0 Å². The highest BCUT2D eigenvalue weighted by molar-refractivity contribution is 6.04. The highest BCUT2D eigenvalue weighted by Gasteiger charge is 2.21. The Morgan fingerprint density at radius 3 is 2.30 bits per heavy atom. The summed E-state index contributed by atoms with van der Waals surface area (Å²) in [6.07, 6.45) is -0.201. The van der Waals surface area contributed by atoms with E-state index in [1.807, 2.05) is 79.7 Å². The van der Waals surface area contributed by atoms with Gasteiger partial charge in [-0.3, -0.25) is 9.59 Å². The molecule has 0 fully saturated rings. The second-order valence-corrected chi connectivity index (χ2v) is 7.73. The van der Waals surface area contributed by atoms with Crippen LogP contribution >= 0.6 is 0 Å². The molecule has 0 spiro atoms. The fourth-order valence-corrected chi connectivity index (χ4v) is 3.60. The third-order valence-electron chi connectivity index (χ3n) is 5.39. The smallest absolute Gasteiger partial charge is 0.265 e. The lowest BCUT2D eigenvalue weighted by molar-refractivity contribution is -0.122. The first-order chi connectivity index (χ1) is 16.1. The third-order valence-corrected chi connectivity index (χ3v) is 5.39. The number of carbonyl (C=O) groups excluding carboxylic acids is 2. The Balaban J connectivity index is 1.44. The molecular formula is C28H26N2O3. The van der Waals surface area contributed by atoms with Crippen LogP contribution in [-0.2, 0) is 11.3 Å². The first-order valence-electron chi connectivity index (χ1n) is 11.0. The number of ether oxygens (including phenoxy) is 1. The van der Waals surface area contributed by atoms with Crippen LogP contribution in [0.4, 0.5) is 5.69 Å². The van der Waals surface area contributed by atoms with Gasteiger partial charge in [0.05, 0.1) is 11.3 Å². The van der Waals surface area contributed by atoms with E-state index in [0.717, 1.165) is 16.3 Å². The molecule has 0 aliphatic carbocycles. The van der Waals surface area contributed by atoms with Crippen LogP contribution < -0.4 is 15.4 Å². The molecule has 166 valence electrons. The minimum atomic E-state index is -0.688. The van der Waals surface area contributed by atoms with Crippen molar-refractivity contribution in [3.8, 4) is 5.75 Å². The molecule has 0 aromatic heterocycles. The molecule has 4 aromatic carbocycles. The Hall–Kier alpha value is -4.12. The molecule has 0 bridgehead atoms. The van der Waals surface area contributed by atoms with Gasteiger partial charge in [0.2, 0.25) is 0 Å². The van der Waals surface area contributed by atoms with E-state index < -0.39 is 6.10 Å². The standard InChI is InChI=1S/C28H26N2O3/c1-2-26(33-23-17-16-21-12-6-7-13-22(21)18-23)28(32)30-25-15-9-8-14-24(25)27(31)29-19-20-10-4-3-5-11-20/h3-18,26H,2,19H2,1H3,(H,29,31)(H,30,32)/t26-/m1/s1. The van der Waals surface area contributed by atoms with Crippen molar-refractivity contribution in [2.24, 2.45) is 0 Å². The third kappa shape index (κ3) is 5.57. The molecular weight excluding hydrogens is 412 g/mol. The van der Waals surface area contributed by atoms with Crippen molar-refractivity contribution in [1.82, 2.24) is 5.32 Å². The highest BCUT2D eigenvalue weighted by Crippen LogP contribution is 2.23. The van der Waals surface area contributed by atoms with Gasteiger partial charge >= 0.3 is 0 Å². The van der Waals surface area contributed by atoms with Crippen LogP contribution in [0, 0.1) is 0 Å². The van der Waals surface area contributed by atoms with E-state index in [-0.39, 0.29) is 11.8 Å². The van der Waals surface area contributed by atoms with Crippen LogP contribution in [0.5, 0.6) is 5.75 Å². The predicted molar refractivity (Wildman–Crippen MR) is 131 cm³/mol. The summed E-state index contributed by atoms with van der Waals surface area (Å²) in [6.45, 7) is 2.30. The van der Waals surface area contributed by atoms with E-state index in [0.29, 0.717) is 30.0 Å². The van der Waals surface area contributed by atoms with Gasteiger partial charge in [0.25, 0.3) is 11.8 Å². The van der Waals surface area contributed by atoms with Gasteiger partial charge in [-0.25, -0.2) is 0 Å². The van der Waals surface area contributed by atoms with E-state index in [1.165, 1.54) is 0 Å². The molecule has 2 amide bonds. The molecule has 4 rings (SSSR count). The minimum Gasteiger partial charge on any atom is -0.481 e. The first-order valence-corrected chi connectivity index (χ1v) is 11.0. The van der Waals surface area contributed by atoms with Gasteiger partial charge in [0.15, 0.2) is 6.10 Å². The lowest BCUT2D eigenvalue weighted by Crippen LogP contribution is -2.33. The Bertz CT molecular complexity index is 1250. The molecule has 4 aromatic rings. The summed E-state index contributed by atoms with van der Waals surface area (Å²) in [6, 6.07) is 30.4. The summed E-state index contributed by atoms with van der Waals surface area (Å²) in [5.74, 6) is 0.0804. The van der Waals surface area contributed by atoms with E-state index >= 15 is 0 Å². The number of para-hydroxylation sites is 1. The van der Waals surface area contributed by atoms with Crippen molar-refractivity contribution in [2.45, 2.75) is 26.0 Å². The van der Waals surface area contributed by atoms with Gasteiger partial charge in [-0.15, -0.1) is 0 Å². The zero-order valence-electron chi connectivity index (χ0n) is 18.5. The average molecular weight is 439 g/mol. The topological polar surface area (TPSA) is 67.4 Å². The molecule has 0 aliphatic rings. The summed E-state index contributed by atoms with van der Waals surface area (Å²) < 4.78 is 6.00. The Labute approximate surface area is 193 Å². The molecule has 0 saturated carbocycles. The zero-order chi connectivity index (χ0) is 23.0. The van der Waals surface area contributed by atoms with Crippen molar-refractivity contribution in [2.75, 3.05) is 5.32 Å². The molecule has 33 heavy (non-hydrogen) atoms. The molecule has 0 heterocycles. The number of hydrogen-bond donors (Lipinski definition) is 2. The van der Waals surface area contributed by atoms with Crippen LogP contribution in [-0.4, -0.2) is 17.9 Å². The summed E-state index contributed by atoms with van der Waals surface area (Å²) in [4.78, 5) is 25.8. The summed E-state index contributed by atoms with van der Waals surface area (Å²) in [5.41, 5.74) is 1.86. The molecule has 0 saturated heterocycles. The molecule has 5 nitrogen and oxygen atoms in total. The zero-order valence-corrected chi connectivity index (χ0v) is 18.5. The first kappa shape index (κ1) is 22.1. The Morgan fingerprint density at radius 1 is 0.818 bits per heavy atom. The monoisotopic (exact) mass is 438 g/mol. The Kier molecular flexibility index (Phi) is 7.00. The van der Waals surface area contributed by atoms with Crippen molar-refractivity contribution < 1.29 is 14.3 Å². The number of carbonyl (C=O) groups is 2. The maximum absolute atomic E-state index is 13.0. The largest absolute Gasteiger partial charge is 0.481 e. The van der Waals surface area contributed by atoms with Gasteiger partial charge in [0.1, 0.15) is 5.75 Å². The molecule has 0 radical (unpaired) electrons. The van der Waals surface area contributed by atoms with Gasteiger partial charge in [0, 0.05) is 6.54 Å². The van der Waals surface area contributed by atoms with Crippen LogP contribution in [0.1, 0.15) is 29.3 Å². The quantitative estimate of drug-likeness (QED) is 0.378. The fraction of sp³-hybridized carbons (Fsp3) is 0.143. The summed E-state index contributed by atoms with van der Waals surface area (Å²) in [5, 5.41) is 7.94. The Morgan fingerprint density at radius 2 is 1.52 bits per heavy atom. The fourth-order valence-electron chi connectivity index (χ4n) is 3.60. The van der Waals surface area contributed by atoms with Crippen LogP contribution in [0.25, 0.3) is 10.8 Å². The van der Waals surface area contributed by atoms with E-state index in [4.69, 9.17) is 4.74 Å². The van der Waals surface area contributed by atoms with Crippen molar-refractivity contribution in [3.05, 3.63) is 108 Å². The van der Waals surface area contributed by atoms with Gasteiger partial charge in [-0.2, -0.15) is 0 Å². The maximum Gasteiger partial charge on any atom is 0.265 e. The molecule has 0 aliphatic heterocycles. The maximum atomic E-state index is 13.0. The highest BCUT2D eigenvalue weighted by atomic mass is 16.5. The molecule has 2 N–H and O–H groups in total. The molecule has 5 heteroatoms. The van der Waals surface area contributed by atoms with E-state index in [9.17, 15) is 9.59 Å². The van der Waals surface area contributed by atoms with Gasteiger partial charge < -0.3 is 15.4 Å². The number of rotatable bonds is 8. The number of hydrogen-bond acceptors (Lipinski definition) is 3. The average Bonchev–Trinajstić information content (AvgIpc) is 2.86. The SMILES string of the molecule is CC[C@@H](Oc1ccc2ccccc2c1)C(=O)Nc1ccccc1C(=O)NCc1ccccc1. The van der Waals surface area contributed by atoms with Gasteiger partial charge in [-0.1, -0.05) is 79.7 Å². The molecule has 0 unspecified atom stereocenters. The normalized spacial score (nSPS) is 11.5. The van der Waals surface area contributed by atoms with Gasteiger partial charge in [-0.05, 0) is 47.0 Å². The van der Waals surface area contributed by atoms with Crippen LogP contribution in [0.2, 0.25) is 0 Å². The summed E-state index contributed by atoms with van der Waals surface area (Å²) >= 11 is 0. The van der Waals surface area contributed by atoms with Crippen molar-refractivity contribution >= 4 is 28.3 Å². The lowest BCUT2D eigenvalue weighted by atomic mass is 10.1.